The molecule has 1 aliphatic rings. The van der Waals surface area contributed by atoms with E-state index in [9.17, 15) is 9.59 Å². The number of urea groups is 1. The first-order valence-electron chi connectivity index (χ1n) is 7.02. The molecule has 0 aromatic heterocycles. The zero-order chi connectivity index (χ0) is 14.4. The summed E-state index contributed by atoms with van der Waals surface area (Å²) in [6, 6.07) is 6.83. The van der Waals surface area contributed by atoms with Gasteiger partial charge in [-0.05, 0) is 24.1 Å². The monoisotopic (exact) mass is 276 g/mol. The maximum atomic E-state index is 11.3. The molecule has 3 amide bonds. The second kappa shape index (κ2) is 6.93. The molecule has 108 valence electrons. The average Bonchev–Trinajstić information content (AvgIpc) is 2.43. The molecule has 20 heavy (non-hydrogen) atoms. The molecule has 1 aliphatic heterocycles. The van der Waals surface area contributed by atoms with E-state index in [1.54, 1.807) is 0 Å². The minimum absolute atomic E-state index is 0.251. The zero-order valence-electron chi connectivity index (χ0n) is 11.6. The lowest BCUT2D eigenvalue weighted by Gasteiger charge is -2.23. The highest BCUT2D eigenvalue weighted by molar-refractivity contribution is 5.97. The van der Waals surface area contributed by atoms with Crippen LogP contribution in [0.5, 0.6) is 5.75 Å². The third kappa shape index (κ3) is 3.98. The van der Waals surface area contributed by atoms with Gasteiger partial charge in [-0.3, -0.25) is 10.1 Å². The highest BCUT2D eigenvalue weighted by atomic mass is 16.5. The van der Waals surface area contributed by atoms with Gasteiger partial charge >= 0.3 is 6.03 Å². The van der Waals surface area contributed by atoms with Crippen LogP contribution in [0, 0.1) is 0 Å². The topological polar surface area (TPSA) is 67.4 Å². The molecule has 0 spiro atoms. The lowest BCUT2D eigenvalue weighted by Crippen LogP contribution is -2.48. The Morgan fingerprint density at radius 1 is 1.20 bits per heavy atom. The van der Waals surface area contributed by atoms with Crippen molar-refractivity contribution in [2.75, 3.05) is 6.61 Å². The highest BCUT2D eigenvalue weighted by Crippen LogP contribution is 2.22. The van der Waals surface area contributed by atoms with Gasteiger partial charge in [0, 0.05) is 0 Å². The summed E-state index contributed by atoms with van der Waals surface area (Å²) in [6.45, 7) is 2.87. The Morgan fingerprint density at radius 2 is 1.95 bits per heavy atom. The van der Waals surface area contributed by atoms with E-state index in [-0.39, 0.29) is 18.4 Å². The van der Waals surface area contributed by atoms with E-state index in [1.165, 1.54) is 12.8 Å². The minimum Gasteiger partial charge on any atom is -0.494 e. The summed E-state index contributed by atoms with van der Waals surface area (Å²) in [5.41, 5.74) is 0.911. The fourth-order valence-electron chi connectivity index (χ4n) is 2.15. The van der Waals surface area contributed by atoms with Crippen LogP contribution in [0.25, 0.3) is 0 Å². The first-order valence-corrected chi connectivity index (χ1v) is 7.02. The van der Waals surface area contributed by atoms with E-state index in [2.05, 4.69) is 17.6 Å². The Kier molecular flexibility index (Phi) is 4.98. The molecule has 2 rings (SSSR count). The van der Waals surface area contributed by atoms with E-state index < -0.39 is 6.03 Å². The van der Waals surface area contributed by atoms with Gasteiger partial charge in [-0.15, -0.1) is 0 Å². The van der Waals surface area contributed by atoms with Crippen LogP contribution in [0.15, 0.2) is 24.3 Å². The molecule has 1 atom stereocenters. The summed E-state index contributed by atoms with van der Waals surface area (Å²) in [6.07, 6.45) is 3.66. The van der Waals surface area contributed by atoms with Crippen LogP contribution in [0.4, 0.5) is 4.79 Å². The van der Waals surface area contributed by atoms with Crippen molar-refractivity contribution in [1.29, 1.82) is 0 Å². The highest BCUT2D eigenvalue weighted by Gasteiger charge is 2.24. The minimum atomic E-state index is -0.439. The molecule has 0 bridgehead atoms. The predicted molar refractivity (Wildman–Crippen MR) is 75.5 cm³/mol. The van der Waals surface area contributed by atoms with E-state index in [0.29, 0.717) is 0 Å². The van der Waals surface area contributed by atoms with Gasteiger partial charge in [-0.1, -0.05) is 31.9 Å². The van der Waals surface area contributed by atoms with Crippen LogP contribution in [0.2, 0.25) is 0 Å². The van der Waals surface area contributed by atoms with Crippen LogP contribution in [0.3, 0.4) is 0 Å². The van der Waals surface area contributed by atoms with Gasteiger partial charge in [0.2, 0.25) is 5.91 Å². The predicted octanol–water partition coefficient (Wildman–Crippen LogP) is 2.53. The third-order valence-corrected chi connectivity index (χ3v) is 3.25. The molecule has 2 N–H and O–H groups in total. The average molecular weight is 276 g/mol. The molecule has 0 saturated carbocycles. The van der Waals surface area contributed by atoms with Gasteiger partial charge in [-0.2, -0.15) is 0 Å². The van der Waals surface area contributed by atoms with Crippen molar-refractivity contribution in [1.82, 2.24) is 10.6 Å². The zero-order valence-corrected chi connectivity index (χ0v) is 11.6. The standard InChI is InChI=1S/C15H20N2O3/c1-2-3-4-9-20-12-7-5-11(6-8-12)13-10-14(18)17-15(19)16-13/h5-8,13H,2-4,9-10H2,1H3,(H2,16,17,18,19). The Balaban J connectivity index is 1.90. The summed E-state index contributed by atoms with van der Waals surface area (Å²) in [7, 11) is 0. The molecular weight excluding hydrogens is 256 g/mol. The number of unbranched alkanes of at least 4 members (excludes halogenated alkanes) is 2. The van der Waals surface area contributed by atoms with E-state index in [0.717, 1.165) is 24.3 Å². The maximum Gasteiger partial charge on any atom is 0.321 e. The summed E-state index contributed by atoms with van der Waals surface area (Å²) in [5, 5.41) is 4.95. The van der Waals surface area contributed by atoms with Crippen LogP contribution in [-0.4, -0.2) is 18.5 Å². The first-order chi connectivity index (χ1) is 9.69. The maximum absolute atomic E-state index is 11.3. The van der Waals surface area contributed by atoms with E-state index >= 15 is 0 Å². The van der Waals surface area contributed by atoms with Crippen LogP contribution >= 0.6 is 0 Å². The van der Waals surface area contributed by atoms with Gasteiger partial charge in [-0.25, -0.2) is 4.79 Å². The van der Waals surface area contributed by atoms with Gasteiger partial charge in [0.1, 0.15) is 5.75 Å². The molecule has 0 radical (unpaired) electrons. The Morgan fingerprint density at radius 3 is 2.60 bits per heavy atom. The number of nitrogens with one attached hydrogen (secondary N) is 2. The Hall–Kier alpha value is -2.04. The van der Waals surface area contributed by atoms with Gasteiger partial charge < -0.3 is 10.1 Å². The van der Waals surface area contributed by atoms with Gasteiger partial charge in [0.25, 0.3) is 0 Å². The Labute approximate surface area is 118 Å². The normalized spacial score (nSPS) is 18.4. The van der Waals surface area contributed by atoms with Crippen molar-refractivity contribution in [3.63, 3.8) is 0 Å². The third-order valence-electron chi connectivity index (χ3n) is 3.25. The summed E-state index contributed by atoms with van der Waals surface area (Å²) in [4.78, 5) is 22.6. The van der Waals surface area contributed by atoms with Crippen molar-refractivity contribution in [2.45, 2.75) is 38.6 Å². The number of carbonyl (C=O) groups is 2. The second-order valence-corrected chi connectivity index (χ2v) is 4.90. The summed E-state index contributed by atoms with van der Waals surface area (Å²) in [5.74, 6) is 0.565. The summed E-state index contributed by atoms with van der Waals surface area (Å²) < 4.78 is 5.63. The fourth-order valence-corrected chi connectivity index (χ4v) is 2.15. The molecule has 1 aromatic rings. The molecular formula is C15H20N2O3. The SMILES string of the molecule is CCCCCOc1ccc(C2CC(=O)NC(=O)N2)cc1. The lowest BCUT2D eigenvalue weighted by atomic mass is 10.0. The number of hydrogen-bond donors (Lipinski definition) is 2. The Bertz CT molecular complexity index is 455. The largest absolute Gasteiger partial charge is 0.494 e. The molecule has 1 fully saturated rings. The van der Waals surface area contributed by atoms with Crippen molar-refractivity contribution in [2.24, 2.45) is 0 Å². The van der Waals surface area contributed by atoms with Crippen molar-refractivity contribution >= 4 is 11.9 Å². The van der Waals surface area contributed by atoms with Gasteiger partial charge in [0.15, 0.2) is 0 Å². The van der Waals surface area contributed by atoms with Crippen molar-refractivity contribution in [3.8, 4) is 5.75 Å². The number of rotatable bonds is 6. The lowest BCUT2D eigenvalue weighted by molar-refractivity contribution is -0.121. The van der Waals surface area contributed by atoms with Crippen LogP contribution in [0.1, 0.15) is 44.2 Å². The smallest absolute Gasteiger partial charge is 0.321 e. The van der Waals surface area contributed by atoms with E-state index in [4.69, 9.17) is 4.74 Å². The van der Waals surface area contributed by atoms with Crippen LogP contribution < -0.4 is 15.4 Å². The van der Waals surface area contributed by atoms with Crippen molar-refractivity contribution in [3.05, 3.63) is 29.8 Å². The number of hydrogen-bond acceptors (Lipinski definition) is 3. The molecule has 1 aromatic carbocycles. The molecule has 5 nitrogen and oxygen atoms in total. The van der Waals surface area contributed by atoms with Crippen LogP contribution in [-0.2, 0) is 4.79 Å². The van der Waals surface area contributed by atoms with Crippen molar-refractivity contribution < 1.29 is 14.3 Å². The molecule has 1 unspecified atom stereocenters. The quantitative estimate of drug-likeness (QED) is 0.784. The molecule has 0 aliphatic carbocycles. The second-order valence-electron chi connectivity index (χ2n) is 4.90. The first kappa shape index (κ1) is 14.4. The summed E-state index contributed by atoms with van der Waals surface area (Å²) >= 11 is 0. The number of amides is 3. The number of benzene rings is 1. The van der Waals surface area contributed by atoms with Gasteiger partial charge in [0.05, 0.1) is 19.1 Å². The number of ether oxygens (including phenoxy) is 1. The molecule has 1 heterocycles. The fraction of sp³-hybridized carbons (Fsp3) is 0.467. The van der Waals surface area contributed by atoms with E-state index in [1.807, 2.05) is 24.3 Å². The number of imide groups is 1. The number of carbonyl (C=O) groups excluding carboxylic acids is 2. The molecule has 5 heteroatoms. The molecule has 1 saturated heterocycles.